The maximum atomic E-state index is 12.3. The van der Waals surface area contributed by atoms with Crippen molar-refractivity contribution in [2.45, 2.75) is 38.6 Å². The van der Waals surface area contributed by atoms with E-state index in [9.17, 15) is 20.2 Å². The molecule has 1 saturated carbocycles. The zero-order chi connectivity index (χ0) is 16.8. The number of hydrogen-bond donors (Lipinski definition) is 1. The lowest BCUT2D eigenvalue weighted by atomic mass is 9.86. The molecule has 0 aliphatic heterocycles. The summed E-state index contributed by atoms with van der Waals surface area (Å²) in [5.41, 5.74) is 0.566. The molecule has 0 spiro atoms. The van der Waals surface area contributed by atoms with E-state index in [-0.39, 0.29) is 23.2 Å². The first-order valence-corrected chi connectivity index (χ1v) is 7.68. The van der Waals surface area contributed by atoms with Crippen molar-refractivity contribution >= 4 is 17.7 Å². The van der Waals surface area contributed by atoms with Crippen LogP contribution in [0.5, 0.6) is 0 Å². The molecule has 2 rings (SSSR count). The van der Waals surface area contributed by atoms with Gasteiger partial charge < -0.3 is 5.32 Å². The molecule has 1 aliphatic rings. The molecule has 1 fully saturated rings. The van der Waals surface area contributed by atoms with Gasteiger partial charge >= 0.3 is 0 Å². The van der Waals surface area contributed by atoms with Gasteiger partial charge in [-0.2, -0.15) is 5.26 Å². The highest BCUT2D eigenvalue weighted by molar-refractivity contribution is 6.01. The Labute approximate surface area is 135 Å². The van der Waals surface area contributed by atoms with E-state index in [4.69, 9.17) is 0 Å². The van der Waals surface area contributed by atoms with Crippen LogP contribution in [0, 0.1) is 27.4 Å². The van der Waals surface area contributed by atoms with Gasteiger partial charge in [0, 0.05) is 18.2 Å². The molecule has 2 unspecified atom stereocenters. The fourth-order valence-corrected chi connectivity index (χ4v) is 2.78. The number of nitro benzene ring substituents is 1. The number of non-ortho nitro benzene ring substituents is 1. The largest absolute Gasteiger partial charge is 0.348 e. The number of benzene rings is 1. The number of amides is 1. The Balaban J connectivity index is 2.10. The van der Waals surface area contributed by atoms with Crippen LogP contribution in [-0.2, 0) is 4.79 Å². The molecule has 6 heteroatoms. The predicted molar refractivity (Wildman–Crippen MR) is 86.2 cm³/mol. The van der Waals surface area contributed by atoms with Gasteiger partial charge in [0.15, 0.2) is 0 Å². The number of nitriles is 1. The van der Waals surface area contributed by atoms with E-state index < -0.39 is 4.92 Å². The van der Waals surface area contributed by atoms with E-state index in [2.05, 4.69) is 12.2 Å². The van der Waals surface area contributed by atoms with E-state index in [1.54, 1.807) is 0 Å². The summed E-state index contributed by atoms with van der Waals surface area (Å²) in [7, 11) is 0. The fraction of sp³-hybridized carbons (Fsp3) is 0.412. The molecule has 120 valence electrons. The molecule has 0 aromatic heterocycles. The first kappa shape index (κ1) is 16.7. The highest BCUT2D eigenvalue weighted by Gasteiger charge is 2.24. The van der Waals surface area contributed by atoms with E-state index in [1.165, 1.54) is 36.8 Å². The molecule has 1 aromatic carbocycles. The third-order valence-corrected chi connectivity index (χ3v) is 4.21. The van der Waals surface area contributed by atoms with E-state index in [0.717, 1.165) is 19.3 Å². The zero-order valence-electron chi connectivity index (χ0n) is 13.0. The number of nitrogens with zero attached hydrogens (tertiary/aromatic N) is 2. The van der Waals surface area contributed by atoms with Crippen molar-refractivity contribution in [2.24, 2.45) is 5.92 Å². The summed E-state index contributed by atoms with van der Waals surface area (Å²) in [5, 5.41) is 22.8. The minimum absolute atomic E-state index is 0.0108. The smallest absolute Gasteiger partial charge is 0.269 e. The Hall–Kier alpha value is -2.68. The van der Waals surface area contributed by atoms with E-state index in [1.807, 2.05) is 6.07 Å². The second kappa shape index (κ2) is 7.54. The van der Waals surface area contributed by atoms with Crippen molar-refractivity contribution in [3.8, 4) is 6.07 Å². The molecule has 23 heavy (non-hydrogen) atoms. The minimum atomic E-state index is -0.490. The number of hydrogen-bond acceptors (Lipinski definition) is 4. The second-order valence-corrected chi connectivity index (χ2v) is 5.86. The van der Waals surface area contributed by atoms with Crippen molar-refractivity contribution in [2.75, 3.05) is 0 Å². The predicted octanol–water partition coefficient (Wildman–Crippen LogP) is 3.20. The van der Waals surface area contributed by atoms with Crippen molar-refractivity contribution in [3.05, 3.63) is 45.5 Å². The van der Waals surface area contributed by atoms with Gasteiger partial charge in [0.05, 0.1) is 4.92 Å². The minimum Gasteiger partial charge on any atom is -0.348 e. The topological polar surface area (TPSA) is 96.0 Å². The third-order valence-electron chi connectivity index (χ3n) is 4.21. The first-order valence-electron chi connectivity index (χ1n) is 7.68. The monoisotopic (exact) mass is 313 g/mol. The van der Waals surface area contributed by atoms with Crippen LogP contribution in [0.15, 0.2) is 29.8 Å². The molecule has 6 nitrogen and oxygen atoms in total. The van der Waals surface area contributed by atoms with E-state index >= 15 is 0 Å². The summed E-state index contributed by atoms with van der Waals surface area (Å²) in [6.07, 6.45) is 5.73. The number of carbonyl (C=O) groups excluding carboxylic acids is 1. The fourth-order valence-electron chi connectivity index (χ4n) is 2.78. The molecule has 1 aromatic rings. The maximum absolute atomic E-state index is 12.3. The molecule has 1 N–H and O–H groups in total. The van der Waals surface area contributed by atoms with Crippen molar-refractivity contribution in [1.29, 1.82) is 5.26 Å². The molecule has 0 heterocycles. The number of rotatable bonds is 4. The summed E-state index contributed by atoms with van der Waals surface area (Å²) >= 11 is 0. The lowest BCUT2D eigenvalue weighted by Gasteiger charge is -2.29. The molecule has 1 aliphatic carbocycles. The molecule has 2 atom stereocenters. The van der Waals surface area contributed by atoms with Gasteiger partial charge in [-0.05, 0) is 42.5 Å². The summed E-state index contributed by atoms with van der Waals surface area (Å²) in [4.78, 5) is 22.4. The first-order chi connectivity index (χ1) is 11.0. The van der Waals surface area contributed by atoms with Crippen LogP contribution >= 0.6 is 0 Å². The third kappa shape index (κ3) is 4.39. The van der Waals surface area contributed by atoms with Gasteiger partial charge in [-0.25, -0.2) is 0 Å². The van der Waals surface area contributed by atoms with Crippen LogP contribution in [0.3, 0.4) is 0 Å². The van der Waals surface area contributed by atoms with Crippen LogP contribution in [0.25, 0.3) is 6.08 Å². The van der Waals surface area contributed by atoms with Gasteiger partial charge in [0.1, 0.15) is 11.6 Å². The SMILES string of the molecule is CC1CCCCC1NC(=O)C(C#N)=Cc1ccc([N+](=O)[O-])cc1. The molecule has 1 amide bonds. The van der Waals surface area contributed by atoms with Gasteiger partial charge in [-0.1, -0.05) is 19.8 Å². The van der Waals surface area contributed by atoms with Crippen LogP contribution in [0.4, 0.5) is 5.69 Å². The van der Waals surface area contributed by atoms with Crippen LogP contribution in [-0.4, -0.2) is 16.9 Å². The standard InChI is InChI=1S/C17H19N3O3/c1-12-4-2-3-5-16(12)19-17(21)14(11-18)10-13-6-8-15(9-7-13)20(22)23/h6-10,12,16H,2-5H2,1H3,(H,19,21). The number of carbonyl (C=O) groups is 1. The average Bonchev–Trinajstić information content (AvgIpc) is 2.55. The quantitative estimate of drug-likeness (QED) is 0.399. The molecular formula is C17H19N3O3. The van der Waals surface area contributed by atoms with E-state index in [0.29, 0.717) is 11.5 Å². The Morgan fingerprint density at radius 2 is 2.00 bits per heavy atom. The lowest BCUT2D eigenvalue weighted by molar-refractivity contribution is -0.384. The lowest BCUT2D eigenvalue weighted by Crippen LogP contribution is -2.41. The van der Waals surface area contributed by atoms with Crippen LogP contribution in [0.2, 0.25) is 0 Å². The normalized spacial score (nSPS) is 21.3. The zero-order valence-corrected chi connectivity index (χ0v) is 13.0. The Bertz CT molecular complexity index is 659. The van der Waals surface area contributed by atoms with Crippen molar-refractivity contribution in [1.82, 2.24) is 5.32 Å². The van der Waals surface area contributed by atoms with Crippen LogP contribution in [0.1, 0.15) is 38.2 Å². The Morgan fingerprint density at radius 1 is 1.35 bits per heavy atom. The Kier molecular flexibility index (Phi) is 5.47. The number of nitro groups is 1. The highest BCUT2D eigenvalue weighted by Crippen LogP contribution is 2.24. The van der Waals surface area contributed by atoms with Gasteiger partial charge in [0.2, 0.25) is 0 Å². The van der Waals surface area contributed by atoms with Gasteiger partial charge in [0.25, 0.3) is 11.6 Å². The highest BCUT2D eigenvalue weighted by atomic mass is 16.6. The Morgan fingerprint density at radius 3 is 2.57 bits per heavy atom. The molecule has 0 radical (unpaired) electrons. The van der Waals surface area contributed by atoms with Gasteiger partial charge in [-0.3, -0.25) is 14.9 Å². The van der Waals surface area contributed by atoms with Crippen molar-refractivity contribution < 1.29 is 9.72 Å². The summed E-state index contributed by atoms with van der Waals surface area (Å²) in [5.74, 6) is 0.0246. The van der Waals surface area contributed by atoms with Gasteiger partial charge in [-0.15, -0.1) is 0 Å². The average molecular weight is 313 g/mol. The number of nitrogens with one attached hydrogen (secondary N) is 1. The van der Waals surface area contributed by atoms with Crippen molar-refractivity contribution in [3.63, 3.8) is 0 Å². The summed E-state index contributed by atoms with van der Waals surface area (Å²) in [6.45, 7) is 2.11. The molecule has 0 saturated heterocycles. The summed E-state index contributed by atoms with van der Waals surface area (Å²) < 4.78 is 0. The second-order valence-electron chi connectivity index (χ2n) is 5.86. The van der Waals surface area contributed by atoms with Crippen LogP contribution < -0.4 is 5.32 Å². The molecule has 0 bridgehead atoms. The summed E-state index contributed by atoms with van der Waals surface area (Å²) in [6, 6.07) is 7.75. The maximum Gasteiger partial charge on any atom is 0.269 e. The molecular weight excluding hydrogens is 294 g/mol.